The Morgan fingerprint density at radius 1 is 1.37 bits per heavy atom. The summed E-state index contributed by atoms with van der Waals surface area (Å²) in [6.45, 7) is 1.19. The van der Waals surface area contributed by atoms with Crippen LogP contribution in [-0.4, -0.2) is 28.1 Å². The van der Waals surface area contributed by atoms with Gasteiger partial charge in [-0.25, -0.2) is 4.99 Å². The number of aliphatic imine (C=N–C) groups is 1. The van der Waals surface area contributed by atoms with Gasteiger partial charge in [0.2, 0.25) is 0 Å². The summed E-state index contributed by atoms with van der Waals surface area (Å²) in [7, 11) is 0. The molecule has 100 valence electrons. The molecule has 5 nitrogen and oxygen atoms in total. The monoisotopic (exact) mass is 278 g/mol. The molecular weight excluding hydrogens is 264 g/mol. The normalized spacial score (nSPS) is 11.5. The Kier molecular flexibility index (Phi) is 4.80. The lowest BCUT2D eigenvalue weighted by atomic mass is 10.3. The van der Waals surface area contributed by atoms with Crippen LogP contribution in [0.25, 0.3) is 0 Å². The molecule has 0 saturated carbocycles. The van der Waals surface area contributed by atoms with E-state index in [-0.39, 0.29) is 5.88 Å². The number of nitrogens with zero attached hydrogens (tertiary/aromatic N) is 3. The second-order valence-corrected chi connectivity index (χ2v) is 4.09. The number of hydrogen-bond donors (Lipinski definition) is 1. The molecule has 2 aromatic rings. The average Bonchev–Trinajstić information content (AvgIpc) is 2.94. The highest BCUT2D eigenvalue weighted by Crippen LogP contribution is 2.26. The van der Waals surface area contributed by atoms with Crippen LogP contribution in [0.3, 0.4) is 0 Å². The van der Waals surface area contributed by atoms with Crippen LogP contribution in [0.2, 0.25) is 0 Å². The number of para-hydroxylation sites is 2. The van der Waals surface area contributed by atoms with Crippen LogP contribution in [0.15, 0.2) is 47.7 Å². The number of halogens is 1. The Labute approximate surface area is 116 Å². The summed E-state index contributed by atoms with van der Waals surface area (Å²) >= 11 is 5.62. The summed E-state index contributed by atoms with van der Waals surface area (Å²) in [6, 6.07) is 9.32. The lowest BCUT2D eigenvalue weighted by Gasteiger charge is -2.09. The molecule has 0 unspecified atom stereocenters. The van der Waals surface area contributed by atoms with Gasteiger partial charge >= 0.3 is 0 Å². The van der Waals surface area contributed by atoms with E-state index in [4.69, 9.17) is 22.1 Å². The van der Waals surface area contributed by atoms with Gasteiger partial charge in [0, 0.05) is 12.4 Å². The quantitative estimate of drug-likeness (QED) is 0.500. The molecule has 2 rings (SSSR count). The average molecular weight is 279 g/mol. The molecule has 0 aliphatic carbocycles. The first-order valence-corrected chi connectivity index (χ1v) is 6.41. The van der Waals surface area contributed by atoms with Gasteiger partial charge in [0.15, 0.2) is 0 Å². The van der Waals surface area contributed by atoms with E-state index in [0.29, 0.717) is 30.4 Å². The highest BCUT2D eigenvalue weighted by atomic mass is 35.5. The molecule has 0 atom stereocenters. The van der Waals surface area contributed by atoms with Crippen molar-refractivity contribution in [1.29, 1.82) is 0 Å². The van der Waals surface area contributed by atoms with Gasteiger partial charge in [-0.1, -0.05) is 12.1 Å². The van der Waals surface area contributed by atoms with Crippen LogP contribution in [0.4, 0.5) is 5.69 Å². The Hall–Kier alpha value is -2.01. The highest BCUT2D eigenvalue weighted by Gasteiger charge is 2.02. The first-order valence-electron chi connectivity index (χ1n) is 5.88. The Morgan fingerprint density at radius 2 is 2.21 bits per heavy atom. The molecule has 2 N–H and O–H groups in total. The van der Waals surface area contributed by atoms with Crippen LogP contribution in [-0.2, 0) is 6.54 Å². The van der Waals surface area contributed by atoms with E-state index < -0.39 is 0 Å². The van der Waals surface area contributed by atoms with E-state index >= 15 is 0 Å². The number of amidine groups is 1. The summed E-state index contributed by atoms with van der Waals surface area (Å²) in [4.78, 5) is 4.21. The zero-order valence-corrected chi connectivity index (χ0v) is 11.1. The second-order valence-electron chi connectivity index (χ2n) is 3.82. The molecule has 0 amide bonds. The van der Waals surface area contributed by atoms with Gasteiger partial charge in [0.1, 0.15) is 23.9 Å². The molecule has 0 fully saturated rings. The van der Waals surface area contributed by atoms with Gasteiger partial charge in [-0.2, -0.15) is 5.10 Å². The minimum absolute atomic E-state index is 0.196. The van der Waals surface area contributed by atoms with Crippen molar-refractivity contribution >= 4 is 23.1 Å². The Balaban J connectivity index is 1.99. The highest BCUT2D eigenvalue weighted by molar-refractivity contribution is 6.28. The van der Waals surface area contributed by atoms with E-state index in [1.54, 1.807) is 10.9 Å². The minimum atomic E-state index is 0.196. The number of alkyl halides is 1. The van der Waals surface area contributed by atoms with Crippen molar-refractivity contribution < 1.29 is 4.74 Å². The van der Waals surface area contributed by atoms with Crippen molar-refractivity contribution in [3.8, 4) is 5.75 Å². The number of benzene rings is 1. The van der Waals surface area contributed by atoms with Crippen molar-refractivity contribution in [2.45, 2.75) is 6.54 Å². The van der Waals surface area contributed by atoms with E-state index in [0.717, 1.165) is 0 Å². The van der Waals surface area contributed by atoms with Gasteiger partial charge < -0.3 is 10.5 Å². The Morgan fingerprint density at radius 3 is 2.95 bits per heavy atom. The van der Waals surface area contributed by atoms with Crippen LogP contribution in [0.1, 0.15) is 0 Å². The van der Waals surface area contributed by atoms with Gasteiger partial charge in [-0.15, -0.1) is 11.6 Å². The van der Waals surface area contributed by atoms with Crippen LogP contribution in [0, 0.1) is 0 Å². The fourth-order valence-corrected chi connectivity index (χ4v) is 1.60. The number of hydrogen-bond acceptors (Lipinski definition) is 3. The van der Waals surface area contributed by atoms with Crippen molar-refractivity contribution in [2.75, 3.05) is 12.5 Å². The van der Waals surface area contributed by atoms with Gasteiger partial charge in [-0.3, -0.25) is 4.68 Å². The maximum Gasteiger partial charge on any atom is 0.145 e. The molecule has 0 bridgehead atoms. The molecule has 1 heterocycles. The summed E-state index contributed by atoms with van der Waals surface area (Å²) in [6.07, 6.45) is 3.62. The maximum absolute atomic E-state index is 5.69. The first-order chi connectivity index (χ1) is 9.29. The van der Waals surface area contributed by atoms with Gasteiger partial charge in [0.25, 0.3) is 0 Å². The van der Waals surface area contributed by atoms with E-state index in [9.17, 15) is 0 Å². The predicted octanol–water partition coefficient (Wildman–Crippen LogP) is 2.19. The third-order valence-electron chi connectivity index (χ3n) is 2.40. The largest absolute Gasteiger partial charge is 0.489 e. The molecule has 0 spiro atoms. The van der Waals surface area contributed by atoms with E-state index in [1.165, 1.54) is 0 Å². The molecule has 6 heteroatoms. The topological polar surface area (TPSA) is 65.4 Å². The third kappa shape index (κ3) is 3.99. The van der Waals surface area contributed by atoms with E-state index in [2.05, 4.69) is 10.1 Å². The zero-order valence-electron chi connectivity index (χ0n) is 10.4. The molecule has 1 aromatic carbocycles. The summed E-state index contributed by atoms with van der Waals surface area (Å²) in [5, 5.41) is 4.10. The fourth-order valence-electron chi connectivity index (χ4n) is 1.54. The lowest BCUT2D eigenvalue weighted by Crippen LogP contribution is -2.12. The summed E-state index contributed by atoms with van der Waals surface area (Å²) in [5.74, 6) is 1.24. The number of ether oxygens (including phenoxy) is 1. The molecule has 0 radical (unpaired) electrons. The van der Waals surface area contributed by atoms with Crippen molar-refractivity contribution in [3.63, 3.8) is 0 Å². The minimum Gasteiger partial charge on any atom is -0.489 e. The molecular formula is C13H15ClN4O. The molecule has 19 heavy (non-hydrogen) atoms. The SMILES string of the molecule is NC(CCl)=Nc1ccccc1OCCn1cccn1. The number of nitrogens with two attached hydrogens (primary N) is 1. The molecule has 1 aromatic heterocycles. The molecule has 0 saturated heterocycles. The summed E-state index contributed by atoms with van der Waals surface area (Å²) in [5.41, 5.74) is 6.31. The number of rotatable bonds is 6. The lowest BCUT2D eigenvalue weighted by molar-refractivity contribution is 0.292. The van der Waals surface area contributed by atoms with Gasteiger partial charge in [0.05, 0.1) is 12.4 Å². The predicted molar refractivity (Wildman–Crippen MR) is 76.2 cm³/mol. The fraction of sp³-hybridized carbons (Fsp3) is 0.231. The molecule has 0 aliphatic heterocycles. The van der Waals surface area contributed by atoms with Crippen molar-refractivity contribution in [2.24, 2.45) is 10.7 Å². The van der Waals surface area contributed by atoms with Crippen molar-refractivity contribution in [3.05, 3.63) is 42.7 Å². The number of aromatic nitrogens is 2. The molecule has 0 aliphatic rings. The second kappa shape index (κ2) is 6.80. The maximum atomic E-state index is 5.69. The third-order valence-corrected chi connectivity index (χ3v) is 2.68. The smallest absolute Gasteiger partial charge is 0.145 e. The standard InChI is InChI=1S/C13H15ClN4O/c14-10-13(15)17-11-4-1-2-5-12(11)19-9-8-18-7-3-6-16-18/h1-7H,8-10H2,(H2,15,17). The van der Waals surface area contributed by atoms with Crippen molar-refractivity contribution in [1.82, 2.24) is 9.78 Å². The van der Waals surface area contributed by atoms with Crippen LogP contribution in [0.5, 0.6) is 5.75 Å². The zero-order chi connectivity index (χ0) is 13.5. The van der Waals surface area contributed by atoms with Gasteiger partial charge in [-0.05, 0) is 18.2 Å². The first kappa shape index (κ1) is 13.4. The van der Waals surface area contributed by atoms with Crippen LogP contribution < -0.4 is 10.5 Å². The summed E-state index contributed by atoms with van der Waals surface area (Å²) < 4.78 is 7.49. The Bertz CT molecular complexity index is 539. The van der Waals surface area contributed by atoms with Crippen LogP contribution >= 0.6 is 11.6 Å². The van der Waals surface area contributed by atoms with E-state index in [1.807, 2.05) is 36.5 Å².